The molecule has 3 nitrogen and oxygen atoms in total. The van der Waals surface area contributed by atoms with Gasteiger partial charge in [-0.25, -0.2) is 0 Å². The van der Waals surface area contributed by atoms with Crippen LogP contribution in [0.4, 0.5) is 0 Å². The van der Waals surface area contributed by atoms with Crippen molar-refractivity contribution in [3.63, 3.8) is 0 Å². The molecule has 3 heteroatoms. The van der Waals surface area contributed by atoms with E-state index in [4.69, 9.17) is 9.47 Å². The monoisotopic (exact) mass is 197 g/mol. The molecule has 2 atom stereocenters. The molecule has 1 N–H and O–H groups in total. The van der Waals surface area contributed by atoms with Gasteiger partial charge in [0.2, 0.25) is 0 Å². The van der Waals surface area contributed by atoms with E-state index in [9.17, 15) is 0 Å². The average Bonchev–Trinajstić information content (AvgIpc) is 2.66. The fourth-order valence-electron chi connectivity index (χ4n) is 3.24. The molecule has 0 aromatic carbocycles. The van der Waals surface area contributed by atoms with Crippen LogP contribution in [0, 0.1) is 5.92 Å². The van der Waals surface area contributed by atoms with Crippen LogP contribution >= 0.6 is 0 Å². The first kappa shape index (κ1) is 9.13. The van der Waals surface area contributed by atoms with Gasteiger partial charge in [0.15, 0.2) is 5.79 Å². The summed E-state index contributed by atoms with van der Waals surface area (Å²) in [6.45, 7) is 2.80. The molecule has 0 aromatic rings. The molecule has 2 saturated heterocycles. The number of nitrogens with one attached hydrogen (secondary N) is 1. The topological polar surface area (TPSA) is 30.5 Å². The first-order chi connectivity index (χ1) is 6.88. The largest absolute Gasteiger partial charge is 0.348 e. The number of piperidine rings is 1. The summed E-state index contributed by atoms with van der Waals surface area (Å²) >= 11 is 0. The van der Waals surface area contributed by atoms with Crippen LogP contribution in [0.25, 0.3) is 0 Å². The Morgan fingerprint density at radius 3 is 2.86 bits per heavy atom. The highest BCUT2D eigenvalue weighted by atomic mass is 16.7. The van der Waals surface area contributed by atoms with Crippen LogP contribution in [0.2, 0.25) is 0 Å². The Hall–Kier alpha value is -0.120. The van der Waals surface area contributed by atoms with E-state index < -0.39 is 0 Å². The van der Waals surface area contributed by atoms with Gasteiger partial charge in [-0.3, -0.25) is 0 Å². The molecule has 0 bridgehead atoms. The summed E-state index contributed by atoms with van der Waals surface area (Å²) in [6, 6.07) is 0.738. The molecule has 80 valence electrons. The number of hydrogen-bond donors (Lipinski definition) is 1. The van der Waals surface area contributed by atoms with Crippen LogP contribution < -0.4 is 5.32 Å². The van der Waals surface area contributed by atoms with Crippen molar-refractivity contribution >= 4 is 0 Å². The quantitative estimate of drug-likeness (QED) is 0.634. The Labute approximate surface area is 85.1 Å². The van der Waals surface area contributed by atoms with Gasteiger partial charge in [0, 0.05) is 18.9 Å². The van der Waals surface area contributed by atoms with Gasteiger partial charge in [0.1, 0.15) is 0 Å². The lowest BCUT2D eigenvalue weighted by Gasteiger charge is -2.43. The zero-order valence-corrected chi connectivity index (χ0v) is 8.63. The third kappa shape index (κ3) is 1.47. The molecule has 0 amide bonds. The van der Waals surface area contributed by atoms with Crippen molar-refractivity contribution in [1.82, 2.24) is 5.32 Å². The Balaban J connectivity index is 1.70. The van der Waals surface area contributed by atoms with Gasteiger partial charge < -0.3 is 14.8 Å². The second kappa shape index (κ2) is 3.47. The molecule has 14 heavy (non-hydrogen) atoms. The van der Waals surface area contributed by atoms with E-state index in [0.29, 0.717) is 0 Å². The number of rotatable bonds is 0. The molecule has 0 unspecified atom stereocenters. The summed E-state index contributed by atoms with van der Waals surface area (Å²) < 4.78 is 11.6. The minimum atomic E-state index is -0.180. The zero-order chi connectivity index (χ0) is 9.43. The molecule has 3 aliphatic rings. The zero-order valence-electron chi connectivity index (χ0n) is 8.63. The molecule has 2 heterocycles. The highest BCUT2D eigenvalue weighted by Gasteiger charge is 2.45. The lowest BCUT2D eigenvalue weighted by molar-refractivity contribution is -0.192. The van der Waals surface area contributed by atoms with Gasteiger partial charge in [-0.2, -0.15) is 0 Å². The molecule has 0 aromatic heterocycles. The number of fused-ring (bicyclic) bond motifs is 1. The van der Waals surface area contributed by atoms with Crippen molar-refractivity contribution in [3.05, 3.63) is 0 Å². The van der Waals surface area contributed by atoms with Crippen LogP contribution in [-0.4, -0.2) is 31.6 Å². The maximum Gasteiger partial charge on any atom is 0.168 e. The van der Waals surface area contributed by atoms with Gasteiger partial charge >= 0.3 is 0 Å². The van der Waals surface area contributed by atoms with Crippen LogP contribution in [0.3, 0.4) is 0 Å². The Kier molecular flexibility index (Phi) is 2.26. The predicted octanol–water partition coefficient (Wildman–Crippen LogP) is 1.28. The third-order valence-corrected chi connectivity index (χ3v) is 3.95. The normalized spacial score (nSPS) is 41.1. The second-order valence-electron chi connectivity index (χ2n) is 4.81. The Morgan fingerprint density at radius 2 is 2.00 bits per heavy atom. The summed E-state index contributed by atoms with van der Waals surface area (Å²) in [6.07, 6.45) is 6.10. The Morgan fingerprint density at radius 1 is 1.14 bits per heavy atom. The molecule has 2 aliphatic heterocycles. The summed E-state index contributed by atoms with van der Waals surface area (Å²) in [5.41, 5.74) is 0. The maximum atomic E-state index is 5.78. The number of ether oxygens (including phenoxy) is 2. The fraction of sp³-hybridized carbons (Fsp3) is 1.00. The van der Waals surface area contributed by atoms with Crippen LogP contribution in [0.15, 0.2) is 0 Å². The van der Waals surface area contributed by atoms with Crippen molar-refractivity contribution in [1.29, 1.82) is 0 Å². The van der Waals surface area contributed by atoms with E-state index in [1.165, 1.54) is 25.8 Å². The molecule has 1 spiro atoms. The number of hydrogen-bond acceptors (Lipinski definition) is 3. The van der Waals surface area contributed by atoms with Crippen LogP contribution in [0.5, 0.6) is 0 Å². The minimum absolute atomic E-state index is 0.180. The third-order valence-electron chi connectivity index (χ3n) is 3.95. The van der Waals surface area contributed by atoms with E-state index in [1.807, 2.05) is 0 Å². The molecule has 1 aliphatic carbocycles. The first-order valence-electron chi connectivity index (χ1n) is 5.89. The van der Waals surface area contributed by atoms with Gasteiger partial charge in [0.05, 0.1) is 13.2 Å². The van der Waals surface area contributed by atoms with E-state index in [2.05, 4.69) is 5.32 Å². The molecular weight excluding hydrogens is 178 g/mol. The van der Waals surface area contributed by atoms with Crippen LogP contribution in [0.1, 0.15) is 32.1 Å². The molecule has 3 fully saturated rings. The van der Waals surface area contributed by atoms with Crippen molar-refractivity contribution in [3.8, 4) is 0 Å². The molecule has 1 saturated carbocycles. The summed E-state index contributed by atoms with van der Waals surface area (Å²) in [5.74, 6) is 0.607. The predicted molar refractivity (Wildman–Crippen MR) is 53.0 cm³/mol. The smallest absolute Gasteiger partial charge is 0.168 e. The lowest BCUT2D eigenvalue weighted by Crippen LogP contribution is -2.50. The van der Waals surface area contributed by atoms with Crippen molar-refractivity contribution < 1.29 is 9.47 Å². The molecule has 3 rings (SSSR count). The fourth-order valence-corrected chi connectivity index (χ4v) is 3.24. The summed E-state index contributed by atoms with van der Waals surface area (Å²) in [5, 5.41) is 3.62. The van der Waals surface area contributed by atoms with Crippen molar-refractivity contribution in [2.75, 3.05) is 19.8 Å². The van der Waals surface area contributed by atoms with Gasteiger partial charge in [0.25, 0.3) is 0 Å². The Bertz CT molecular complexity index is 213. The van der Waals surface area contributed by atoms with E-state index >= 15 is 0 Å². The summed E-state index contributed by atoms with van der Waals surface area (Å²) in [4.78, 5) is 0. The lowest BCUT2D eigenvalue weighted by atomic mass is 9.76. The standard InChI is InChI=1S/C11H19NO2/c1-2-9-8-11(13-6-7-14-11)4-3-10(9)12-5-1/h9-10,12H,1-8H2/t9-,10-/m1/s1. The summed E-state index contributed by atoms with van der Waals surface area (Å²) in [7, 11) is 0. The van der Waals surface area contributed by atoms with Gasteiger partial charge in [-0.15, -0.1) is 0 Å². The highest BCUT2D eigenvalue weighted by Crippen LogP contribution is 2.41. The minimum Gasteiger partial charge on any atom is -0.348 e. The van der Waals surface area contributed by atoms with Crippen molar-refractivity contribution in [2.24, 2.45) is 5.92 Å². The molecule has 0 radical (unpaired) electrons. The first-order valence-corrected chi connectivity index (χ1v) is 5.89. The van der Waals surface area contributed by atoms with Crippen LogP contribution in [-0.2, 0) is 9.47 Å². The highest BCUT2D eigenvalue weighted by molar-refractivity contribution is 4.93. The van der Waals surface area contributed by atoms with Gasteiger partial charge in [-0.1, -0.05) is 0 Å². The van der Waals surface area contributed by atoms with Crippen molar-refractivity contribution in [2.45, 2.75) is 43.9 Å². The molecular formula is C11H19NO2. The maximum absolute atomic E-state index is 5.78. The second-order valence-corrected chi connectivity index (χ2v) is 4.81. The SMILES string of the molecule is C1CN[C@@H]2CCC3(C[C@H]2C1)OCCO3. The van der Waals surface area contributed by atoms with E-state index in [1.54, 1.807) is 0 Å². The van der Waals surface area contributed by atoms with Gasteiger partial charge in [-0.05, 0) is 31.7 Å². The average molecular weight is 197 g/mol. The van der Waals surface area contributed by atoms with E-state index in [-0.39, 0.29) is 5.79 Å². The van der Waals surface area contributed by atoms with E-state index in [0.717, 1.165) is 38.0 Å².